The number of nitrogens with zero attached hydrogens (tertiary/aromatic N) is 3. The molecular formula is C22H27N5O2. The van der Waals surface area contributed by atoms with Gasteiger partial charge >= 0.3 is 0 Å². The van der Waals surface area contributed by atoms with Crippen LogP contribution < -0.4 is 10.9 Å². The quantitative estimate of drug-likeness (QED) is 0.817. The lowest BCUT2D eigenvalue weighted by molar-refractivity contribution is -0.140. The molecule has 7 heteroatoms. The number of carbonyl (C=O) groups excluding carboxylic acids is 2. The highest BCUT2D eigenvalue weighted by Crippen LogP contribution is 2.22. The van der Waals surface area contributed by atoms with E-state index in [9.17, 15) is 9.59 Å². The molecule has 0 spiro atoms. The molecule has 152 valence electrons. The molecule has 2 saturated heterocycles. The van der Waals surface area contributed by atoms with Gasteiger partial charge in [0.05, 0.1) is 6.42 Å². The Bertz CT molecular complexity index is 847. The maximum absolute atomic E-state index is 12.9. The first-order chi connectivity index (χ1) is 14.1. The zero-order valence-corrected chi connectivity index (χ0v) is 16.7. The van der Waals surface area contributed by atoms with Gasteiger partial charge in [-0.05, 0) is 36.6 Å². The summed E-state index contributed by atoms with van der Waals surface area (Å²) in [6.45, 7) is 4.37. The molecule has 2 unspecified atom stereocenters. The fraction of sp³-hybridized carbons (Fsp3) is 0.409. The molecule has 1 aromatic carbocycles. The summed E-state index contributed by atoms with van der Waals surface area (Å²) in [5.41, 5.74) is 9.68. The van der Waals surface area contributed by atoms with E-state index < -0.39 is 0 Å². The molecule has 7 nitrogen and oxygen atoms in total. The van der Waals surface area contributed by atoms with Gasteiger partial charge in [-0.15, -0.1) is 0 Å². The molecule has 2 aliphatic rings. The van der Waals surface area contributed by atoms with Crippen LogP contribution in [0.2, 0.25) is 0 Å². The molecule has 2 fully saturated rings. The van der Waals surface area contributed by atoms with Crippen LogP contribution in [-0.2, 0) is 16.0 Å². The number of rotatable bonds is 4. The Balaban J connectivity index is 1.26. The van der Waals surface area contributed by atoms with Crippen molar-refractivity contribution >= 4 is 11.8 Å². The molecule has 2 amide bonds. The number of aryl methyl sites for hydroxylation is 1. The van der Waals surface area contributed by atoms with Gasteiger partial charge in [0, 0.05) is 44.6 Å². The van der Waals surface area contributed by atoms with Gasteiger partial charge < -0.3 is 9.80 Å². The minimum atomic E-state index is -0.247. The third-order valence-corrected chi connectivity index (χ3v) is 5.73. The van der Waals surface area contributed by atoms with E-state index in [-0.39, 0.29) is 23.9 Å². The summed E-state index contributed by atoms with van der Waals surface area (Å²) >= 11 is 0. The highest BCUT2D eigenvalue weighted by Gasteiger charge is 2.34. The second kappa shape index (κ2) is 8.71. The van der Waals surface area contributed by atoms with Crippen LogP contribution in [0.15, 0.2) is 48.8 Å². The number of piperazine rings is 1. The molecule has 2 N–H and O–H groups in total. The van der Waals surface area contributed by atoms with Crippen molar-refractivity contribution < 1.29 is 9.59 Å². The number of aromatic nitrogens is 1. The predicted molar refractivity (Wildman–Crippen MR) is 110 cm³/mol. The van der Waals surface area contributed by atoms with E-state index in [2.05, 4.69) is 15.8 Å². The van der Waals surface area contributed by atoms with Crippen molar-refractivity contribution in [2.24, 2.45) is 0 Å². The van der Waals surface area contributed by atoms with Crippen molar-refractivity contribution in [3.8, 4) is 0 Å². The van der Waals surface area contributed by atoms with Crippen molar-refractivity contribution in [3.63, 3.8) is 0 Å². The number of pyridine rings is 1. The molecule has 2 aromatic rings. The summed E-state index contributed by atoms with van der Waals surface area (Å²) in [5, 5.41) is 0. The number of hydrogen-bond donors (Lipinski definition) is 2. The Labute approximate surface area is 171 Å². The van der Waals surface area contributed by atoms with Gasteiger partial charge in [0.25, 0.3) is 0 Å². The van der Waals surface area contributed by atoms with Gasteiger partial charge in [-0.2, -0.15) is 0 Å². The van der Waals surface area contributed by atoms with Crippen LogP contribution in [0.3, 0.4) is 0 Å². The number of nitrogens with one attached hydrogen (secondary N) is 2. The number of hydrazine groups is 1. The lowest BCUT2D eigenvalue weighted by Gasteiger charge is -2.36. The maximum atomic E-state index is 12.9. The molecule has 0 radical (unpaired) electrons. The number of carbonyl (C=O) groups is 2. The Morgan fingerprint density at radius 2 is 1.62 bits per heavy atom. The van der Waals surface area contributed by atoms with E-state index in [0.717, 1.165) is 11.1 Å². The van der Waals surface area contributed by atoms with Gasteiger partial charge in [0.1, 0.15) is 6.04 Å². The minimum Gasteiger partial charge on any atom is -0.339 e. The predicted octanol–water partition coefficient (Wildman–Crippen LogP) is 1.21. The number of benzene rings is 1. The van der Waals surface area contributed by atoms with E-state index >= 15 is 0 Å². The van der Waals surface area contributed by atoms with Gasteiger partial charge in [0.15, 0.2) is 0 Å². The van der Waals surface area contributed by atoms with Gasteiger partial charge in [0.2, 0.25) is 11.8 Å². The van der Waals surface area contributed by atoms with Crippen molar-refractivity contribution in [3.05, 3.63) is 65.5 Å². The molecule has 0 aliphatic carbocycles. The standard InChI is InChI=1S/C22H27N5O2/c1-16-2-4-17(5-3-16)14-21(28)26-10-12-27(13-11-26)22(29)20-15-19(24-25-20)18-6-8-23-9-7-18/h2-9,19-20,24-25H,10-15H2,1H3. The average molecular weight is 393 g/mol. The van der Waals surface area contributed by atoms with E-state index in [4.69, 9.17) is 0 Å². The van der Waals surface area contributed by atoms with Crippen LogP contribution in [0.5, 0.6) is 0 Å². The van der Waals surface area contributed by atoms with Crippen LogP contribution >= 0.6 is 0 Å². The van der Waals surface area contributed by atoms with Crippen LogP contribution in [0.4, 0.5) is 0 Å². The molecule has 4 rings (SSSR count). The molecule has 3 heterocycles. The third-order valence-electron chi connectivity index (χ3n) is 5.73. The summed E-state index contributed by atoms with van der Waals surface area (Å²) in [6, 6.07) is 11.8. The zero-order valence-electron chi connectivity index (χ0n) is 16.7. The van der Waals surface area contributed by atoms with Crippen LogP contribution in [-0.4, -0.2) is 58.8 Å². The smallest absolute Gasteiger partial charge is 0.241 e. The summed E-state index contributed by atoms with van der Waals surface area (Å²) in [6.07, 6.45) is 4.64. The van der Waals surface area contributed by atoms with E-state index in [1.54, 1.807) is 12.4 Å². The molecule has 2 aliphatic heterocycles. The fourth-order valence-corrected chi connectivity index (χ4v) is 3.92. The summed E-state index contributed by atoms with van der Waals surface area (Å²) < 4.78 is 0. The summed E-state index contributed by atoms with van der Waals surface area (Å²) in [7, 11) is 0. The van der Waals surface area contributed by atoms with Crippen molar-refractivity contribution in [2.45, 2.75) is 31.8 Å². The normalized spacial score (nSPS) is 22.0. The van der Waals surface area contributed by atoms with Gasteiger partial charge in [-0.25, -0.2) is 10.9 Å². The first-order valence-corrected chi connectivity index (χ1v) is 10.1. The molecule has 0 bridgehead atoms. The minimum absolute atomic E-state index is 0.0969. The monoisotopic (exact) mass is 393 g/mol. The largest absolute Gasteiger partial charge is 0.339 e. The second-order valence-electron chi connectivity index (χ2n) is 7.78. The average Bonchev–Trinajstić information content (AvgIpc) is 3.26. The maximum Gasteiger partial charge on any atom is 0.241 e. The molecular weight excluding hydrogens is 366 g/mol. The fourth-order valence-electron chi connectivity index (χ4n) is 3.92. The Hall–Kier alpha value is -2.77. The lowest BCUT2D eigenvalue weighted by Crippen LogP contribution is -2.54. The first-order valence-electron chi connectivity index (χ1n) is 10.1. The third kappa shape index (κ3) is 4.63. The zero-order chi connectivity index (χ0) is 20.2. The Kier molecular flexibility index (Phi) is 5.87. The van der Waals surface area contributed by atoms with Crippen LogP contribution in [0, 0.1) is 6.92 Å². The molecule has 29 heavy (non-hydrogen) atoms. The number of amides is 2. The van der Waals surface area contributed by atoms with Crippen molar-refractivity contribution in [1.29, 1.82) is 0 Å². The lowest BCUT2D eigenvalue weighted by atomic mass is 10.0. The van der Waals surface area contributed by atoms with E-state index in [1.807, 2.05) is 53.1 Å². The van der Waals surface area contributed by atoms with E-state index in [0.29, 0.717) is 39.0 Å². The second-order valence-corrected chi connectivity index (χ2v) is 7.78. The molecule has 0 saturated carbocycles. The molecule has 1 aromatic heterocycles. The topological polar surface area (TPSA) is 77.6 Å². The van der Waals surface area contributed by atoms with E-state index in [1.165, 1.54) is 5.56 Å². The van der Waals surface area contributed by atoms with Crippen molar-refractivity contribution in [1.82, 2.24) is 25.6 Å². The summed E-state index contributed by atoms with van der Waals surface area (Å²) in [4.78, 5) is 33.2. The van der Waals surface area contributed by atoms with Crippen LogP contribution in [0.25, 0.3) is 0 Å². The first kappa shape index (κ1) is 19.5. The van der Waals surface area contributed by atoms with Crippen LogP contribution in [0.1, 0.15) is 29.2 Å². The number of hydrogen-bond acceptors (Lipinski definition) is 5. The highest BCUT2D eigenvalue weighted by atomic mass is 16.2. The van der Waals surface area contributed by atoms with Crippen molar-refractivity contribution in [2.75, 3.05) is 26.2 Å². The van der Waals surface area contributed by atoms with Gasteiger partial charge in [-0.1, -0.05) is 29.8 Å². The highest BCUT2D eigenvalue weighted by molar-refractivity contribution is 5.83. The summed E-state index contributed by atoms with van der Waals surface area (Å²) in [5.74, 6) is 0.221. The SMILES string of the molecule is Cc1ccc(CC(=O)N2CCN(C(=O)C3CC(c4ccncc4)NN3)CC2)cc1. The Morgan fingerprint density at radius 3 is 2.31 bits per heavy atom. The molecule has 2 atom stereocenters. The van der Waals surface area contributed by atoms with Gasteiger partial charge in [-0.3, -0.25) is 14.6 Å². The Morgan fingerprint density at radius 1 is 0.966 bits per heavy atom.